The van der Waals surface area contributed by atoms with Crippen molar-refractivity contribution >= 4 is 9.84 Å². The van der Waals surface area contributed by atoms with Crippen LogP contribution in [0.1, 0.15) is 47.0 Å². The zero-order chi connectivity index (χ0) is 18.9. The molecule has 1 N–H and O–H groups in total. The Morgan fingerprint density at radius 1 is 1.04 bits per heavy atom. The number of hydrogen-bond donors (Lipinski definition) is 1. The summed E-state index contributed by atoms with van der Waals surface area (Å²) in [4.78, 5) is 0.338. The van der Waals surface area contributed by atoms with Crippen molar-refractivity contribution in [1.82, 2.24) is 0 Å². The predicted octanol–water partition coefficient (Wildman–Crippen LogP) is 4.85. The lowest BCUT2D eigenvalue weighted by atomic mass is 10.1. The van der Waals surface area contributed by atoms with Crippen LogP contribution in [-0.2, 0) is 9.84 Å². The van der Waals surface area contributed by atoms with E-state index in [9.17, 15) is 8.42 Å². The Morgan fingerprint density at radius 2 is 1.68 bits per heavy atom. The lowest BCUT2D eigenvalue weighted by molar-refractivity contribution is 0.341. The first-order valence-electron chi connectivity index (χ1n) is 8.63. The van der Waals surface area contributed by atoms with Crippen LogP contribution in [-0.4, -0.2) is 25.4 Å². The Labute approximate surface area is 152 Å². The highest BCUT2D eigenvalue weighted by Gasteiger charge is 2.25. The Bertz CT molecular complexity index is 722. The summed E-state index contributed by atoms with van der Waals surface area (Å²) in [7, 11) is -3.47. The number of sulfone groups is 1. The average molecular weight is 363 g/mol. The van der Waals surface area contributed by atoms with E-state index in [0.29, 0.717) is 11.3 Å². The number of hydrogen-bond acceptors (Lipinski definition) is 3. The van der Waals surface area contributed by atoms with E-state index in [1.165, 1.54) is 5.57 Å². The van der Waals surface area contributed by atoms with Crippen LogP contribution in [0.2, 0.25) is 0 Å². The van der Waals surface area contributed by atoms with Gasteiger partial charge >= 0.3 is 0 Å². The maximum Gasteiger partial charge on any atom is 0.185 e. The minimum Gasteiger partial charge on any atom is -0.392 e. The van der Waals surface area contributed by atoms with E-state index in [-0.39, 0.29) is 6.61 Å². The number of rotatable bonds is 9. The number of allylic oxidation sites excluding steroid dienone is 4. The molecule has 0 radical (unpaired) electrons. The molecule has 0 heterocycles. The molecular weight excluding hydrogens is 332 g/mol. The summed E-state index contributed by atoms with van der Waals surface area (Å²) in [6.45, 7) is 7.89. The van der Waals surface area contributed by atoms with Gasteiger partial charge in [0.25, 0.3) is 0 Å². The van der Waals surface area contributed by atoms with Crippen LogP contribution in [0.5, 0.6) is 0 Å². The second kappa shape index (κ2) is 10.4. The number of aliphatic hydroxyl groups excluding tert-OH is 1. The minimum absolute atomic E-state index is 0.0762. The maximum absolute atomic E-state index is 13.0. The van der Waals surface area contributed by atoms with Crippen molar-refractivity contribution in [1.29, 1.82) is 0 Å². The van der Waals surface area contributed by atoms with Gasteiger partial charge in [0.2, 0.25) is 0 Å². The first-order valence-corrected chi connectivity index (χ1v) is 10.2. The summed E-state index contributed by atoms with van der Waals surface area (Å²) in [5.41, 5.74) is 3.21. The smallest absolute Gasteiger partial charge is 0.185 e. The molecule has 0 aromatic heterocycles. The Morgan fingerprint density at radius 3 is 2.24 bits per heavy atom. The van der Waals surface area contributed by atoms with Gasteiger partial charge in [-0.05, 0) is 59.1 Å². The van der Waals surface area contributed by atoms with Gasteiger partial charge in [-0.2, -0.15) is 0 Å². The largest absolute Gasteiger partial charge is 0.392 e. The molecule has 0 aliphatic carbocycles. The normalized spacial score (nSPS) is 14.3. The number of benzene rings is 1. The lowest BCUT2D eigenvalue weighted by Crippen LogP contribution is -2.20. The molecular formula is C21H30O3S. The third-order valence-electron chi connectivity index (χ3n) is 3.99. The highest BCUT2D eigenvalue weighted by atomic mass is 32.2. The minimum atomic E-state index is -3.47. The molecule has 0 bridgehead atoms. The van der Waals surface area contributed by atoms with Crippen LogP contribution in [0.25, 0.3) is 0 Å². The maximum atomic E-state index is 13.0. The topological polar surface area (TPSA) is 54.4 Å². The van der Waals surface area contributed by atoms with Gasteiger partial charge in [0.15, 0.2) is 9.84 Å². The molecule has 1 atom stereocenters. The van der Waals surface area contributed by atoms with Crippen molar-refractivity contribution in [2.24, 2.45) is 0 Å². The van der Waals surface area contributed by atoms with Crippen LogP contribution in [0.4, 0.5) is 0 Å². The van der Waals surface area contributed by atoms with E-state index >= 15 is 0 Å². The van der Waals surface area contributed by atoms with Crippen molar-refractivity contribution in [2.75, 3.05) is 6.61 Å². The monoisotopic (exact) mass is 362 g/mol. The van der Waals surface area contributed by atoms with Gasteiger partial charge in [0, 0.05) is 0 Å². The molecule has 1 unspecified atom stereocenters. The van der Waals surface area contributed by atoms with Gasteiger partial charge in [-0.3, -0.25) is 0 Å². The summed E-state index contributed by atoms with van der Waals surface area (Å²) in [6.07, 6.45) is 7.84. The second-order valence-electron chi connectivity index (χ2n) is 6.67. The Kier molecular flexibility index (Phi) is 8.87. The third kappa shape index (κ3) is 7.41. The first-order chi connectivity index (χ1) is 11.8. The molecule has 1 aromatic rings. The summed E-state index contributed by atoms with van der Waals surface area (Å²) in [5.74, 6) is 0. The van der Waals surface area contributed by atoms with Gasteiger partial charge in [0.1, 0.15) is 0 Å². The highest BCUT2D eigenvalue weighted by molar-refractivity contribution is 7.92. The van der Waals surface area contributed by atoms with Gasteiger partial charge in [-0.15, -0.1) is 0 Å². The van der Waals surface area contributed by atoms with Crippen molar-refractivity contribution in [3.05, 3.63) is 65.3 Å². The van der Waals surface area contributed by atoms with Crippen LogP contribution in [0.15, 0.2) is 70.2 Å². The van der Waals surface area contributed by atoms with Gasteiger partial charge in [0.05, 0.1) is 16.8 Å². The quantitative estimate of drug-likeness (QED) is 0.639. The summed E-state index contributed by atoms with van der Waals surface area (Å²) in [6, 6.07) is 8.57. The van der Waals surface area contributed by atoms with E-state index in [1.807, 2.05) is 26.0 Å². The van der Waals surface area contributed by atoms with Gasteiger partial charge in [-0.25, -0.2) is 8.42 Å². The van der Waals surface area contributed by atoms with Crippen molar-refractivity contribution < 1.29 is 13.5 Å². The molecule has 1 aromatic carbocycles. The molecule has 1 rings (SSSR count). The van der Waals surface area contributed by atoms with E-state index in [2.05, 4.69) is 19.9 Å². The summed E-state index contributed by atoms with van der Waals surface area (Å²) < 4.78 is 26.1. The summed E-state index contributed by atoms with van der Waals surface area (Å²) >= 11 is 0. The molecule has 0 saturated carbocycles. The zero-order valence-corrected chi connectivity index (χ0v) is 16.5. The molecule has 138 valence electrons. The van der Waals surface area contributed by atoms with Crippen LogP contribution < -0.4 is 0 Å². The third-order valence-corrected chi connectivity index (χ3v) is 6.02. The second-order valence-corrected chi connectivity index (χ2v) is 8.83. The fourth-order valence-electron chi connectivity index (χ4n) is 2.59. The molecule has 25 heavy (non-hydrogen) atoms. The van der Waals surface area contributed by atoms with Crippen molar-refractivity contribution in [2.45, 2.75) is 57.1 Å². The number of aliphatic hydroxyl groups is 1. The van der Waals surface area contributed by atoms with Crippen molar-refractivity contribution in [3.8, 4) is 0 Å². The van der Waals surface area contributed by atoms with Crippen LogP contribution >= 0.6 is 0 Å². The van der Waals surface area contributed by atoms with Gasteiger partial charge < -0.3 is 5.11 Å². The fraction of sp³-hybridized carbons (Fsp3) is 0.429. The molecule has 4 heteroatoms. The summed E-state index contributed by atoms with van der Waals surface area (Å²) in [5, 5.41) is 8.45. The Balaban J connectivity index is 3.12. The molecule has 0 amide bonds. The lowest BCUT2D eigenvalue weighted by Gasteiger charge is -2.16. The molecule has 0 fully saturated rings. The van der Waals surface area contributed by atoms with E-state index in [0.717, 1.165) is 24.0 Å². The average Bonchev–Trinajstić information content (AvgIpc) is 2.55. The van der Waals surface area contributed by atoms with E-state index < -0.39 is 15.1 Å². The molecule has 0 spiro atoms. The van der Waals surface area contributed by atoms with Crippen molar-refractivity contribution in [3.63, 3.8) is 0 Å². The molecule has 0 aliphatic rings. The first kappa shape index (κ1) is 21.4. The van der Waals surface area contributed by atoms with E-state index in [4.69, 9.17) is 5.11 Å². The van der Waals surface area contributed by atoms with Crippen LogP contribution in [0.3, 0.4) is 0 Å². The van der Waals surface area contributed by atoms with Crippen LogP contribution in [0, 0.1) is 0 Å². The highest BCUT2D eigenvalue weighted by Crippen LogP contribution is 2.24. The molecule has 3 nitrogen and oxygen atoms in total. The SMILES string of the molecule is CC(C)=CCC/C(C)=C/C(C/C(C)=C/CO)S(=O)(=O)c1ccccc1. The standard InChI is InChI=1S/C21H30O3S/c1-17(2)9-8-10-18(3)15-21(16-19(4)13-14-22)25(23,24)20-11-6-5-7-12-20/h5-7,9,11-13,15,21-22H,8,10,14,16H2,1-4H3/b18-15+,19-13+. The molecule has 0 saturated heterocycles. The molecule has 0 aliphatic heterocycles. The van der Waals surface area contributed by atoms with Gasteiger partial charge in [-0.1, -0.05) is 53.1 Å². The van der Waals surface area contributed by atoms with E-state index in [1.54, 1.807) is 30.3 Å². The zero-order valence-electron chi connectivity index (χ0n) is 15.7. The Hall–Kier alpha value is -1.65. The fourth-order valence-corrected chi connectivity index (χ4v) is 4.37. The predicted molar refractivity (Wildman–Crippen MR) is 105 cm³/mol.